The van der Waals surface area contributed by atoms with E-state index in [1.54, 1.807) is 6.07 Å². The number of hydrogen-bond acceptors (Lipinski definition) is 2. The monoisotopic (exact) mass is 363 g/mol. The molecule has 0 bridgehead atoms. The lowest BCUT2D eigenvalue weighted by Gasteiger charge is -2.07. The Bertz CT molecular complexity index is 1120. The molecule has 4 rings (SSSR count). The van der Waals surface area contributed by atoms with Crippen molar-refractivity contribution in [2.45, 2.75) is 19.8 Å². The van der Waals surface area contributed by atoms with E-state index in [1.165, 1.54) is 5.39 Å². The highest BCUT2D eigenvalue weighted by molar-refractivity contribution is 6.31. The average Bonchev–Trinajstić information content (AvgIpc) is 3.01. The number of nitrogens with one attached hydrogen (secondary N) is 2. The number of halogens is 1. The molecule has 0 aliphatic carbocycles. The molecule has 2 aromatic heterocycles. The summed E-state index contributed by atoms with van der Waals surface area (Å²) in [6.07, 6.45) is 2.79. The van der Waals surface area contributed by atoms with E-state index in [4.69, 9.17) is 11.6 Å². The zero-order valence-electron chi connectivity index (χ0n) is 14.3. The Labute approximate surface area is 156 Å². The van der Waals surface area contributed by atoms with Gasteiger partial charge < -0.3 is 10.3 Å². The SMILES string of the molecule is Cc1ccc(NC(=O)CCc2cc3c(cn2)[nH]c2ccccc23)cc1Cl. The zero-order valence-corrected chi connectivity index (χ0v) is 15.1. The number of carbonyl (C=O) groups is 1. The van der Waals surface area contributed by atoms with Gasteiger partial charge in [0.15, 0.2) is 0 Å². The minimum atomic E-state index is -0.0502. The van der Waals surface area contributed by atoms with Crippen LogP contribution in [0.4, 0.5) is 5.69 Å². The van der Waals surface area contributed by atoms with Gasteiger partial charge in [0.2, 0.25) is 5.91 Å². The quantitative estimate of drug-likeness (QED) is 0.520. The van der Waals surface area contributed by atoms with Crippen LogP contribution in [-0.4, -0.2) is 15.9 Å². The number of anilines is 1. The zero-order chi connectivity index (χ0) is 18.1. The predicted octanol–water partition coefficient (Wildman–Crippen LogP) is 5.25. The summed E-state index contributed by atoms with van der Waals surface area (Å²) in [6, 6.07) is 15.7. The lowest BCUT2D eigenvalue weighted by molar-refractivity contribution is -0.116. The lowest BCUT2D eigenvalue weighted by Crippen LogP contribution is -2.12. The molecule has 2 heterocycles. The number of aromatic amines is 1. The molecule has 26 heavy (non-hydrogen) atoms. The molecule has 0 atom stereocenters. The predicted molar refractivity (Wildman–Crippen MR) is 107 cm³/mol. The highest BCUT2D eigenvalue weighted by Gasteiger charge is 2.08. The third-order valence-corrected chi connectivity index (χ3v) is 4.92. The van der Waals surface area contributed by atoms with Crippen LogP contribution in [0.25, 0.3) is 21.8 Å². The van der Waals surface area contributed by atoms with Gasteiger partial charge in [-0.2, -0.15) is 0 Å². The van der Waals surface area contributed by atoms with Crippen LogP contribution in [0.5, 0.6) is 0 Å². The summed E-state index contributed by atoms with van der Waals surface area (Å²) < 4.78 is 0. The first-order chi connectivity index (χ1) is 12.6. The number of H-pyrrole nitrogens is 1. The summed E-state index contributed by atoms with van der Waals surface area (Å²) in [5.74, 6) is -0.0502. The number of rotatable bonds is 4. The Morgan fingerprint density at radius 1 is 1.12 bits per heavy atom. The van der Waals surface area contributed by atoms with Crippen molar-refractivity contribution in [1.82, 2.24) is 9.97 Å². The van der Waals surface area contributed by atoms with Crippen LogP contribution in [0.3, 0.4) is 0 Å². The van der Waals surface area contributed by atoms with E-state index in [0.29, 0.717) is 23.6 Å². The second-order valence-electron chi connectivity index (χ2n) is 6.40. The summed E-state index contributed by atoms with van der Waals surface area (Å²) in [7, 11) is 0. The fraction of sp³-hybridized carbons (Fsp3) is 0.143. The maximum atomic E-state index is 12.2. The van der Waals surface area contributed by atoms with Gasteiger partial charge >= 0.3 is 0 Å². The highest BCUT2D eigenvalue weighted by atomic mass is 35.5. The fourth-order valence-corrected chi connectivity index (χ4v) is 3.25. The van der Waals surface area contributed by atoms with E-state index in [2.05, 4.69) is 33.5 Å². The maximum absolute atomic E-state index is 12.2. The molecule has 0 spiro atoms. The number of hydrogen-bond donors (Lipinski definition) is 2. The number of benzene rings is 2. The standard InChI is InChI=1S/C21H18ClN3O/c1-13-6-7-15(11-18(13)22)24-21(26)9-8-14-10-17-16-4-2-3-5-19(16)25-20(17)12-23-14/h2-7,10-12,25H,8-9H2,1H3,(H,24,26). The van der Waals surface area contributed by atoms with Crippen molar-refractivity contribution < 1.29 is 4.79 Å². The normalized spacial score (nSPS) is 11.2. The van der Waals surface area contributed by atoms with Gasteiger partial charge in [0.25, 0.3) is 0 Å². The molecular formula is C21H18ClN3O. The molecule has 2 aromatic carbocycles. The van der Waals surface area contributed by atoms with Gasteiger partial charge in [-0.1, -0.05) is 35.9 Å². The van der Waals surface area contributed by atoms with Crippen molar-refractivity contribution in [2.24, 2.45) is 0 Å². The second-order valence-corrected chi connectivity index (χ2v) is 6.81. The number of aromatic nitrogens is 2. The minimum absolute atomic E-state index is 0.0502. The molecule has 0 aliphatic heterocycles. The van der Waals surface area contributed by atoms with Gasteiger partial charge in [-0.05, 0) is 43.2 Å². The lowest BCUT2D eigenvalue weighted by atomic mass is 10.1. The summed E-state index contributed by atoms with van der Waals surface area (Å²) in [6.45, 7) is 1.93. The topological polar surface area (TPSA) is 57.8 Å². The van der Waals surface area contributed by atoms with Crippen LogP contribution in [0.1, 0.15) is 17.7 Å². The summed E-state index contributed by atoms with van der Waals surface area (Å²) in [5.41, 5.74) is 4.70. The average molecular weight is 364 g/mol. The maximum Gasteiger partial charge on any atom is 0.224 e. The largest absolute Gasteiger partial charge is 0.353 e. The molecular weight excluding hydrogens is 346 g/mol. The van der Waals surface area contributed by atoms with E-state index in [9.17, 15) is 4.79 Å². The molecule has 5 heteroatoms. The minimum Gasteiger partial charge on any atom is -0.353 e. The van der Waals surface area contributed by atoms with Crippen LogP contribution in [0, 0.1) is 6.92 Å². The van der Waals surface area contributed by atoms with Crippen molar-refractivity contribution in [3.8, 4) is 0 Å². The number of carbonyl (C=O) groups excluding carboxylic acids is 1. The molecule has 4 aromatic rings. The first-order valence-corrected chi connectivity index (χ1v) is 8.89. The smallest absolute Gasteiger partial charge is 0.224 e. The second kappa shape index (κ2) is 6.81. The summed E-state index contributed by atoms with van der Waals surface area (Å²) in [4.78, 5) is 20.1. The molecule has 0 saturated heterocycles. The van der Waals surface area contributed by atoms with Crippen LogP contribution < -0.4 is 5.32 Å². The third kappa shape index (κ3) is 3.28. The Hall–Kier alpha value is -2.85. The first kappa shape index (κ1) is 16.6. The van der Waals surface area contributed by atoms with Crippen LogP contribution in [0.15, 0.2) is 54.7 Å². The van der Waals surface area contributed by atoms with Crippen molar-refractivity contribution in [3.05, 3.63) is 71.0 Å². The molecule has 0 unspecified atom stereocenters. The van der Waals surface area contributed by atoms with Crippen molar-refractivity contribution >= 4 is 45.0 Å². The van der Waals surface area contributed by atoms with Gasteiger partial charge in [0.05, 0.1) is 11.7 Å². The molecule has 0 fully saturated rings. The molecule has 1 amide bonds. The Balaban J connectivity index is 1.47. The highest BCUT2D eigenvalue weighted by Crippen LogP contribution is 2.25. The number of para-hydroxylation sites is 1. The van der Waals surface area contributed by atoms with Crippen LogP contribution in [-0.2, 0) is 11.2 Å². The summed E-state index contributed by atoms with van der Waals surface area (Å²) >= 11 is 6.10. The van der Waals surface area contributed by atoms with E-state index in [1.807, 2.05) is 37.4 Å². The first-order valence-electron chi connectivity index (χ1n) is 8.51. The molecule has 2 N–H and O–H groups in total. The van der Waals surface area contributed by atoms with E-state index in [-0.39, 0.29) is 5.91 Å². The number of nitrogens with zero attached hydrogens (tertiary/aromatic N) is 1. The summed E-state index contributed by atoms with van der Waals surface area (Å²) in [5, 5.41) is 5.84. The number of amides is 1. The van der Waals surface area contributed by atoms with Gasteiger partial charge in [0, 0.05) is 39.1 Å². The Kier molecular flexibility index (Phi) is 4.35. The van der Waals surface area contributed by atoms with Crippen LogP contribution >= 0.6 is 11.6 Å². The molecule has 0 saturated carbocycles. The number of pyridine rings is 1. The molecule has 130 valence electrons. The van der Waals surface area contributed by atoms with E-state index < -0.39 is 0 Å². The number of aryl methyl sites for hydroxylation is 2. The van der Waals surface area contributed by atoms with Gasteiger partial charge in [-0.25, -0.2) is 0 Å². The van der Waals surface area contributed by atoms with E-state index in [0.717, 1.165) is 27.7 Å². The molecule has 0 radical (unpaired) electrons. The fourth-order valence-electron chi connectivity index (χ4n) is 3.07. The van der Waals surface area contributed by atoms with Gasteiger partial charge in [0.1, 0.15) is 0 Å². The molecule has 4 nitrogen and oxygen atoms in total. The van der Waals surface area contributed by atoms with E-state index >= 15 is 0 Å². The third-order valence-electron chi connectivity index (χ3n) is 4.51. The van der Waals surface area contributed by atoms with Gasteiger partial charge in [-0.15, -0.1) is 0 Å². The van der Waals surface area contributed by atoms with Crippen molar-refractivity contribution in [2.75, 3.05) is 5.32 Å². The van der Waals surface area contributed by atoms with Crippen molar-refractivity contribution in [3.63, 3.8) is 0 Å². The molecule has 0 aliphatic rings. The van der Waals surface area contributed by atoms with Crippen molar-refractivity contribution in [1.29, 1.82) is 0 Å². The van der Waals surface area contributed by atoms with Crippen LogP contribution in [0.2, 0.25) is 5.02 Å². The van der Waals surface area contributed by atoms with Gasteiger partial charge in [-0.3, -0.25) is 9.78 Å². The number of fused-ring (bicyclic) bond motifs is 3. The Morgan fingerprint density at radius 3 is 2.81 bits per heavy atom. The Morgan fingerprint density at radius 2 is 1.96 bits per heavy atom.